The number of benzene rings is 2. The summed E-state index contributed by atoms with van der Waals surface area (Å²) >= 11 is 13.1. The number of aromatic amines is 1. The van der Waals surface area contributed by atoms with Crippen molar-refractivity contribution in [3.05, 3.63) is 75.6 Å². The van der Waals surface area contributed by atoms with Gasteiger partial charge in [0.2, 0.25) is 5.88 Å². The summed E-state index contributed by atoms with van der Waals surface area (Å²) in [5, 5.41) is 11.1. The Morgan fingerprint density at radius 2 is 1.87 bits per heavy atom. The van der Waals surface area contributed by atoms with Gasteiger partial charge < -0.3 is 10.1 Å². The number of thioether (sulfide) groups is 1. The molecular weight excluding hydrogens is 348 g/mol. The summed E-state index contributed by atoms with van der Waals surface area (Å²) in [5.41, 5.74) is 2.72. The zero-order chi connectivity index (χ0) is 16.2. The number of hydrogen-bond acceptors (Lipinski definition) is 3. The molecule has 118 valence electrons. The quantitative estimate of drug-likeness (QED) is 0.603. The van der Waals surface area contributed by atoms with E-state index in [9.17, 15) is 5.11 Å². The van der Waals surface area contributed by atoms with Crippen molar-refractivity contribution in [3.63, 3.8) is 0 Å². The minimum Gasteiger partial charge on any atom is -0.493 e. The number of rotatable bonds is 5. The first-order chi connectivity index (χ1) is 11.1. The largest absolute Gasteiger partial charge is 0.493 e. The van der Waals surface area contributed by atoms with E-state index < -0.39 is 0 Å². The predicted molar refractivity (Wildman–Crippen MR) is 99.1 cm³/mol. The molecule has 0 unspecified atom stereocenters. The Morgan fingerprint density at radius 1 is 1.09 bits per heavy atom. The van der Waals surface area contributed by atoms with Crippen molar-refractivity contribution in [1.29, 1.82) is 0 Å². The fraction of sp³-hybridized carbons (Fsp3) is 0.118. The van der Waals surface area contributed by atoms with E-state index in [2.05, 4.69) is 17.1 Å². The summed E-state index contributed by atoms with van der Waals surface area (Å²) in [4.78, 5) is 3.08. The smallest absolute Gasteiger partial charge is 0.218 e. The lowest BCUT2D eigenvalue weighted by molar-refractivity contribution is 0.437. The van der Waals surface area contributed by atoms with Gasteiger partial charge in [0.05, 0.1) is 11.4 Å². The minimum atomic E-state index is 0.137. The summed E-state index contributed by atoms with van der Waals surface area (Å²) in [6, 6.07) is 17.5. The van der Waals surface area contributed by atoms with E-state index in [1.165, 1.54) is 5.56 Å². The fourth-order valence-electron chi connectivity index (χ4n) is 2.27. The number of halogens is 1. The van der Waals surface area contributed by atoms with Crippen molar-refractivity contribution in [3.8, 4) is 11.6 Å². The van der Waals surface area contributed by atoms with E-state index in [0.29, 0.717) is 15.5 Å². The van der Waals surface area contributed by atoms with Crippen LogP contribution >= 0.6 is 35.6 Å². The second-order valence-corrected chi connectivity index (χ2v) is 6.83. The molecule has 0 aliphatic carbocycles. The maximum atomic E-state index is 10.5. The Morgan fingerprint density at radius 3 is 2.61 bits per heavy atom. The average molecular weight is 363 g/mol. The molecule has 1 aromatic heterocycles. The zero-order valence-electron chi connectivity index (χ0n) is 12.2. The fourth-order valence-corrected chi connectivity index (χ4v) is 3.71. The van der Waals surface area contributed by atoms with Crippen LogP contribution in [0, 0.1) is 4.77 Å². The van der Waals surface area contributed by atoms with Gasteiger partial charge in [0.25, 0.3) is 0 Å². The van der Waals surface area contributed by atoms with Crippen molar-refractivity contribution in [2.75, 3.05) is 0 Å². The van der Waals surface area contributed by atoms with Crippen LogP contribution in [0.4, 0.5) is 0 Å². The second-order valence-electron chi connectivity index (χ2n) is 5.03. The van der Waals surface area contributed by atoms with Crippen molar-refractivity contribution in [2.45, 2.75) is 11.5 Å². The maximum absolute atomic E-state index is 10.5. The molecule has 0 aliphatic rings. The summed E-state index contributed by atoms with van der Waals surface area (Å²) in [6.45, 7) is 0. The molecule has 0 radical (unpaired) electrons. The van der Waals surface area contributed by atoms with Crippen molar-refractivity contribution in [1.82, 2.24) is 9.55 Å². The predicted octanol–water partition coefficient (Wildman–Crippen LogP) is 5.33. The number of H-pyrrole nitrogens is 1. The number of imidazole rings is 1. The first-order valence-corrected chi connectivity index (χ1v) is 8.99. The van der Waals surface area contributed by atoms with Crippen molar-refractivity contribution >= 4 is 35.6 Å². The summed E-state index contributed by atoms with van der Waals surface area (Å²) in [6.07, 6.45) is 0. The van der Waals surface area contributed by atoms with Gasteiger partial charge in [-0.2, -0.15) is 11.8 Å². The Bertz CT molecular complexity index is 859. The minimum absolute atomic E-state index is 0.137. The summed E-state index contributed by atoms with van der Waals surface area (Å²) < 4.78 is 2.06. The van der Waals surface area contributed by atoms with Gasteiger partial charge in [0.15, 0.2) is 4.77 Å². The highest BCUT2D eigenvalue weighted by Gasteiger charge is 2.12. The second kappa shape index (κ2) is 7.25. The normalized spacial score (nSPS) is 10.8. The lowest BCUT2D eigenvalue weighted by Gasteiger charge is -2.05. The van der Waals surface area contributed by atoms with Gasteiger partial charge in [-0.15, -0.1) is 0 Å². The Balaban J connectivity index is 1.77. The third kappa shape index (κ3) is 3.80. The number of aromatic nitrogens is 2. The molecule has 6 heteroatoms. The average Bonchev–Trinajstić information content (AvgIpc) is 2.82. The van der Waals surface area contributed by atoms with Crippen LogP contribution in [0.2, 0.25) is 5.02 Å². The molecule has 23 heavy (non-hydrogen) atoms. The van der Waals surface area contributed by atoms with E-state index in [1.807, 2.05) is 30.3 Å². The van der Waals surface area contributed by atoms with Gasteiger partial charge in [-0.05, 0) is 36.0 Å². The van der Waals surface area contributed by atoms with E-state index in [0.717, 1.165) is 17.1 Å². The molecule has 0 atom stereocenters. The van der Waals surface area contributed by atoms with Gasteiger partial charge in [0.1, 0.15) is 0 Å². The molecule has 3 aromatic rings. The highest BCUT2D eigenvalue weighted by molar-refractivity contribution is 7.97. The number of aromatic hydroxyl groups is 1. The highest BCUT2D eigenvalue weighted by atomic mass is 35.5. The molecule has 2 N–H and O–H groups in total. The molecule has 2 aromatic carbocycles. The molecule has 3 rings (SSSR count). The molecule has 0 bridgehead atoms. The highest BCUT2D eigenvalue weighted by Crippen LogP contribution is 2.28. The topological polar surface area (TPSA) is 40.9 Å². The van der Waals surface area contributed by atoms with E-state index in [1.54, 1.807) is 28.5 Å². The van der Waals surface area contributed by atoms with E-state index in [-0.39, 0.29) is 5.88 Å². The van der Waals surface area contributed by atoms with Gasteiger partial charge in [-0.3, -0.25) is 4.57 Å². The Hall–Kier alpha value is -1.69. The molecule has 0 saturated carbocycles. The molecule has 0 aliphatic heterocycles. The molecule has 0 fully saturated rings. The number of nitrogens with one attached hydrogen (secondary N) is 1. The third-order valence-electron chi connectivity index (χ3n) is 3.37. The van der Waals surface area contributed by atoms with Gasteiger partial charge in [-0.25, -0.2) is 0 Å². The molecule has 0 saturated heterocycles. The van der Waals surface area contributed by atoms with Gasteiger partial charge in [-0.1, -0.05) is 48.0 Å². The molecule has 3 nitrogen and oxygen atoms in total. The first kappa shape index (κ1) is 16.2. The molecular formula is C17H15ClN2OS2. The molecule has 0 amide bonds. The van der Waals surface area contributed by atoms with Crippen molar-refractivity contribution < 1.29 is 5.11 Å². The molecule has 1 heterocycles. The number of hydrogen-bond donors (Lipinski definition) is 2. The van der Waals surface area contributed by atoms with Crippen LogP contribution in [0.1, 0.15) is 11.3 Å². The standard InChI is InChI=1S/C17H15ClN2OS2/c18-13-7-4-8-14(9-13)20-16(21)15(19-17(20)22)11-23-10-12-5-2-1-3-6-12/h1-9,21H,10-11H2,(H,19,22). The van der Waals surface area contributed by atoms with Crippen LogP contribution in [-0.4, -0.2) is 14.7 Å². The van der Waals surface area contributed by atoms with Crippen LogP contribution in [0.5, 0.6) is 5.88 Å². The third-order valence-corrected chi connectivity index (χ3v) is 4.92. The summed E-state index contributed by atoms with van der Waals surface area (Å²) in [5.74, 6) is 1.67. The molecule has 0 spiro atoms. The lowest BCUT2D eigenvalue weighted by Crippen LogP contribution is -1.93. The van der Waals surface area contributed by atoms with Crippen LogP contribution < -0.4 is 0 Å². The zero-order valence-corrected chi connectivity index (χ0v) is 14.6. The van der Waals surface area contributed by atoms with Crippen LogP contribution in [0.3, 0.4) is 0 Å². The number of nitrogens with zero attached hydrogens (tertiary/aromatic N) is 1. The lowest BCUT2D eigenvalue weighted by atomic mass is 10.2. The maximum Gasteiger partial charge on any atom is 0.218 e. The van der Waals surface area contributed by atoms with Crippen LogP contribution in [-0.2, 0) is 11.5 Å². The Kier molecular flexibility index (Phi) is 5.10. The van der Waals surface area contributed by atoms with Crippen LogP contribution in [0.25, 0.3) is 5.69 Å². The monoisotopic (exact) mass is 362 g/mol. The van der Waals surface area contributed by atoms with E-state index >= 15 is 0 Å². The SMILES string of the molecule is Oc1c(CSCc2ccccc2)[nH]c(=S)n1-c1cccc(Cl)c1. The van der Waals surface area contributed by atoms with Gasteiger partial charge >= 0.3 is 0 Å². The van der Waals surface area contributed by atoms with Crippen LogP contribution in [0.15, 0.2) is 54.6 Å². The van der Waals surface area contributed by atoms with E-state index in [4.69, 9.17) is 23.8 Å². The van der Waals surface area contributed by atoms with Gasteiger partial charge in [0, 0.05) is 16.5 Å². The van der Waals surface area contributed by atoms with Crippen molar-refractivity contribution in [2.24, 2.45) is 0 Å². The first-order valence-electron chi connectivity index (χ1n) is 7.05. The summed E-state index contributed by atoms with van der Waals surface area (Å²) in [7, 11) is 0. The Labute approximate surface area is 148 Å².